The molecule has 0 aliphatic rings. The summed E-state index contributed by atoms with van der Waals surface area (Å²) in [5.41, 5.74) is 4.55. The molecule has 0 heterocycles. The van der Waals surface area contributed by atoms with Crippen LogP contribution in [0.3, 0.4) is 0 Å². The van der Waals surface area contributed by atoms with Gasteiger partial charge in [0.15, 0.2) is 5.60 Å². The van der Waals surface area contributed by atoms with Gasteiger partial charge < -0.3 is 20.3 Å². The van der Waals surface area contributed by atoms with E-state index in [9.17, 15) is 9.90 Å². The first-order valence-electron chi connectivity index (χ1n) is 8.73. The number of amides is 1. The second kappa shape index (κ2) is 8.93. The Morgan fingerprint density at radius 3 is 2.22 bits per heavy atom. The number of benzene rings is 2. The molecule has 0 saturated heterocycles. The van der Waals surface area contributed by atoms with E-state index in [0.29, 0.717) is 5.75 Å². The number of ether oxygens (including phenoxy) is 2. The third-order valence-corrected chi connectivity index (χ3v) is 5.37. The number of hydrogen-bond acceptors (Lipinski definition) is 4. The molecule has 2 aromatic carbocycles. The smallest absolute Gasteiger partial charge is 0.404 e. The summed E-state index contributed by atoms with van der Waals surface area (Å²) in [5.74, 6) is 0.638. The molecule has 146 valence electrons. The van der Waals surface area contributed by atoms with Gasteiger partial charge in [0.05, 0.1) is 6.10 Å². The van der Waals surface area contributed by atoms with Crippen LogP contribution in [0.15, 0.2) is 54.6 Å². The summed E-state index contributed by atoms with van der Waals surface area (Å²) in [6, 6.07) is 17.0. The van der Waals surface area contributed by atoms with E-state index in [2.05, 4.69) is 22.6 Å². The van der Waals surface area contributed by atoms with Crippen molar-refractivity contribution in [3.63, 3.8) is 0 Å². The maximum atomic E-state index is 11.3. The highest BCUT2D eigenvalue weighted by atomic mass is 127. The molecule has 1 unspecified atom stereocenters. The van der Waals surface area contributed by atoms with E-state index < -0.39 is 23.2 Å². The van der Waals surface area contributed by atoms with Crippen LogP contribution in [0.4, 0.5) is 4.79 Å². The quantitative estimate of drug-likeness (QED) is 0.561. The Bertz CT molecular complexity index is 743. The molecule has 0 aliphatic carbocycles. The SMILES string of the molecule is CC(C)(C)C(COC(N)=O)(C[C@@H](O)c1ccccc1)Oc1ccc(I)cc1. The number of hydrogen-bond donors (Lipinski definition) is 2. The number of aliphatic hydroxyl groups is 1. The molecule has 6 heteroatoms. The summed E-state index contributed by atoms with van der Waals surface area (Å²) < 4.78 is 12.6. The van der Waals surface area contributed by atoms with Crippen molar-refractivity contribution >= 4 is 28.7 Å². The summed E-state index contributed by atoms with van der Waals surface area (Å²) in [6.07, 6.45) is -1.42. The number of primary amides is 1. The largest absolute Gasteiger partial charge is 0.483 e. The minimum absolute atomic E-state index is 0.0677. The van der Waals surface area contributed by atoms with Crippen molar-refractivity contribution in [1.29, 1.82) is 0 Å². The highest BCUT2D eigenvalue weighted by Crippen LogP contribution is 2.41. The predicted octanol–water partition coefficient (Wildman–Crippen LogP) is 4.67. The second-order valence-corrected chi connectivity index (χ2v) is 8.78. The molecule has 0 fully saturated rings. The fourth-order valence-electron chi connectivity index (χ4n) is 2.83. The molecule has 2 aromatic rings. The number of carbonyl (C=O) groups excluding carboxylic acids is 1. The number of carbonyl (C=O) groups is 1. The zero-order chi connectivity index (χ0) is 20.1. The minimum Gasteiger partial charge on any atom is -0.483 e. The standard InChI is InChI=1S/C21H26INO4/c1-20(2,3)21(14-26-19(23)25,27-17-11-9-16(22)10-12-17)13-18(24)15-7-5-4-6-8-15/h4-12,18,24H,13-14H2,1-3H3,(H2,23,25)/t18-,21?/m1/s1. The van der Waals surface area contributed by atoms with Gasteiger partial charge in [0.1, 0.15) is 12.4 Å². The molecule has 0 bridgehead atoms. The van der Waals surface area contributed by atoms with E-state index in [1.165, 1.54) is 0 Å². The normalized spacial score (nSPS) is 14.9. The lowest BCUT2D eigenvalue weighted by Crippen LogP contribution is -2.53. The van der Waals surface area contributed by atoms with Gasteiger partial charge >= 0.3 is 6.09 Å². The molecule has 2 atom stereocenters. The monoisotopic (exact) mass is 483 g/mol. The molecule has 0 aromatic heterocycles. The van der Waals surface area contributed by atoms with Gasteiger partial charge in [0.2, 0.25) is 0 Å². The van der Waals surface area contributed by atoms with Crippen molar-refractivity contribution < 1.29 is 19.4 Å². The predicted molar refractivity (Wildman–Crippen MR) is 114 cm³/mol. The molecule has 1 amide bonds. The van der Waals surface area contributed by atoms with Crippen LogP contribution in [0.1, 0.15) is 38.9 Å². The molecule has 27 heavy (non-hydrogen) atoms. The highest BCUT2D eigenvalue weighted by molar-refractivity contribution is 14.1. The number of halogens is 1. The maximum Gasteiger partial charge on any atom is 0.404 e. The van der Waals surface area contributed by atoms with Gasteiger partial charge in [0, 0.05) is 15.4 Å². The van der Waals surface area contributed by atoms with Crippen LogP contribution < -0.4 is 10.5 Å². The van der Waals surface area contributed by atoms with E-state index in [1.54, 1.807) is 0 Å². The average Bonchev–Trinajstić information content (AvgIpc) is 2.61. The van der Waals surface area contributed by atoms with Crippen molar-refractivity contribution in [3.05, 3.63) is 63.7 Å². The van der Waals surface area contributed by atoms with Gasteiger partial charge in [-0.15, -0.1) is 0 Å². The third-order valence-electron chi connectivity index (χ3n) is 4.65. The summed E-state index contributed by atoms with van der Waals surface area (Å²) in [5, 5.41) is 10.9. The summed E-state index contributed by atoms with van der Waals surface area (Å²) in [7, 11) is 0. The first-order chi connectivity index (χ1) is 12.6. The van der Waals surface area contributed by atoms with Gasteiger partial charge in [-0.2, -0.15) is 0 Å². The van der Waals surface area contributed by atoms with Crippen molar-refractivity contribution in [2.75, 3.05) is 6.61 Å². The van der Waals surface area contributed by atoms with E-state index in [1.807, 2.05) is 75.4 Å². The molecule has 0 aliphatic heterocycles. The Morgan fingerprint density at radius 1 is 1.11 bits per heavy atom. The van der Waals surface area contributed by atoms with Crippen LogP contribution in [-0.4, -0.2) is 23.4 Å². The Hall–Kier alpha value is -1.80. The van der Waals surface area contributed by atoms with Crippen molar-refractivity contribution in [3.8, 4) is 5.75 Å². The lowest BCUT2D eigenvalue weighted by Gasteiger charge is -2.45. The summed E-state index contributed by atoms with van der Waals surface area (Å²) in [4.78, 5) is 11.3. The van der Waals surface area contributed by atoms with E-state index in [0.717, 1.165) is 9.13 Å². The van der Waals surface area contributed by atoms with Gasteiger partial charge in [-0.05, 0) is 52.4 Å². The molecular formula is C21H26INO4. The Kier molecular flexibility index (Phi) is 7.11. The van der Waals surface area contributed by atoms with Gasteiger partial charge in [-0.1, -0.05) is 51.1 Å². The Balaban J connectivity index is 2.39. The third kappa shape index (κ3) is 5.84. The molecule has 2 rings (SSSR count). The average molecular weight is 483 g/mol. The van der Waals surface area contributed by atoms with Crippen LogP contribution in [0.25, 0.3) is 0 Å². The van der Waals surface area contributed by atoms with Crippen molar-refractivity contribution in [2.45, 2.75) is 38.9 Å². The van der Waals surface area contributed by atoms with Gasteiger partial charge in [-0.3, -0.25) is 0 Å². The zero-order valence-electron chi connectivity index (χ0n) is 15.8. The summed E-state index contributed by atoms with van der Waals surface area (Å²) in [6.45, 7) is 5.90. The minimum atomic E-state index is -0.982. The van der Waals surface area contributed by atoms with E-state index in [-0.39, 0.29) is 13.0 Å². The van der Waals surface area contributed by atoms with Crippen LogP contribution in [0.2, 0.25) is 0 Å². The van der Waals surface area contributed by atoms with Crippen LogP contribution in [0, 0.1) is 8.99 Å². The van der Waals surface area contributed by atoms with Crippen LogP contribution in [0.5, 0.6) is 5.75 Å². The maximum absolute atomic E-state index is 11.3. The van der Waals surface area contributed by atoms with Crippen molar-refractivity contribution in [1.82, 2.24) is 0 Å². The lowest BCUT2D eigenvalue weighted by atomic mass is 9.72. The second-order valence-electron chi connectivity index (χ2n) is 7.54. The fraction of sp³-hybridized carbons (Fsp3) is 0.381. The van der Waals surface area contributed by atoms with Crippen LogP contribution >= 0.6 is 22.6 Å². The zero-order valence-corrected chi connectivity index (χ0v) is 18.0. The van der Waals surface area contributed by atoms with Crippen LogP contribution in [-0.2, 0) is 4.74 Å². The first kappa shape index (κ1) is 21.5. The van der Waals surface area contributed by atoms with E-state index in [4.69, 9.17) is 15.2 Å². The number of nitrogens with two attached hydrogens (primary N) is 1. The first-order valence-corrected chi connectivity index (χ1v) is 9.81. The highest BCUT2D eigenvalue weighted by Gasteiger charge is 2.47. The van der Waals surface area contributed by atoms with Gasteiger partial charge in [0.25, 0.3) is 0 Å². The summed E-state index contributed by atoms with van der Waals surface area (Å²) >= 11 is 2.22. The Morgan fingerprint density at radius 2 is 1.70 bits per heavy atom. The lowest BCUT2D eigenvalue weighted by molar-refractivity contribution is -0.101. The molecule has 0 radical (unpaired) electrons. The van der Waals surface area contributed by atoms with Crippen molar-refractivity contribution in [2.24, 2.45) is 11.1 Å². The fourth-order valence-corrected chi connectivity index (χ4v) is 3.19. The molecule has 5 nitrogen and oxygen atoms in total. The van der Waals surface area contributed by atoms with Gasteiger partial charge in [-0.25, -0.2) is 4.79 Å². The molecular weight excluding hydrogens is 457 g/mol. The molecule has 3 N–H and O–H groups in total. The van der Waals surface area contributed by atoms with E-state index >= 15 is 0 Å². The number of rotatable bonds is 7. The number of aliphatic hydroxyl groups excluding tert-OH is 1. The Labute approximate surface area is 174 Å². The molecule has 0 saturated carbocycles. The topological polar surface area (TPSA) is 81.8 Å². The molecule has 0 spiro atoms.